The van der Waals surface area contributed by atoms with Gasteiger partial charge in [-0.15, -0.1) is 0 Å². The number of nitrogens with one attached hydrogen (secondary N) is 1. The van der Waals surface area contributed by atoms with Crippen LogP contribution in [0, 0.1) is 6.92 Å². The number of nitrogens with zero attached hydrogens (tertiary/aromatic N) is 3. The van der Waals surface area contributed by atoms with Gasteiger partial charge in [0.1, 0.15) is 5.52 Å². The number of pyridine rings is 1. The van der Waals surface area contributed by atoms with E-state index in [1.165, 1.54) is 6.42 Å². The van der Waals surface area contributed by atoms with Gasteiger partial charge in [-0.3, -0.25) is 14.7 Å². The molecule has 2 aromatic heterocycles. The summed E-state index contributed by atoms with van der Waals surface area (Å²) in [5, 5.41) is 13.7. The van der Waals surface area contributed by atoms with Gasteiger partial charge in [-0.25, -0.2) is 9.97 Å². The Bertz CT molecular complexity index is 975. The highest BCUT2D eigenvalue weighted by Gasteiger charge is 2.29. The normalized spacial score (nSPS) is 16.7. The smallest absolute Gasteiger partial charge is 0.229 e. The number of benzene rings is 1. The van der Waals surface area contributed by atoms with Gasteiger partial charge in [-0.05, 0) is 50.8 Å². The van der Waals surface area contributed by atoms with Crippen molar-refractivity contribution in [3.63, 3.8) is 0 Å². The van der Waals surface area contributed by atoms with Crippen LogP contribution in [-0.2, 0) is 10.4 Å². The number of hydrogen-bond donors (Lipinski definition) is 2. The first kappa shape index (κ1) is 17.7. The SMILES string of the molecule is Cc1ccc2nc(NC(=O)CC(C)(O)c3ccccc3)n(C3CCC3)c2n1. The summed E-state index contributed by atoms with van der Waals surface area (Å²) in [6, 6.07) is 13.4. The number of anilines is 1. The molecule has 6 nitrogen and oxygen atoms in total. The first-order valence-corrected chi connectivity index (χ1v) is 9.37. The quantitative estimate of drug-likeness (QED) is 0.723. The Morgan fingerprint density at radius 1 is 1.22 bits per heavy atom. The molecule has 27 heavy (non-hydrogen) atoms. The van der Waals surface area contributed by atoms with Crippen molar-refractivity contribution in [2.24, 2.45) is 0 Å². The van der Waals surface area contributed by atoms with Gasteiger partial charge in [0.15, 0.2) is 5.65 Å². The molecule has 2 heterocycles. The zero-order chi connectivity index (χ0) is 19.0. The van der Waals surface area contributed by atoms with E-state index in [1.807, 2.05) is 54.0 Å². The van der Waals surface area contributed by atoms with Gasteiger partial charge in [0, 0.05) is 11.7 Å². The second kappa shape index (κ2) is 6.78. The Morgan fingerprint density at radius 3 is 2.63 bits per heavy atom. The highest BCUT2D eigenvalue weighted by Crippen LogP contribution is 2.37. The van der Waals surface area contributed by atoms with Crippen LogP contribution in [0.4, 0.5) is 5.95 Å². The minimum Gasteiger partial charge on any atom is -0.385 e. The number of carbonyl (C=O) groups excluding carboxylic acids is 1. The zero-order valence-corrected chi connectivity index (χ0v) is 15.6. The summed E-state index contributed by atoms with van der Waals surface area (Å²) in [6.07, 6.45) is 3.25. The highest BCUT2D eigenvalue weighted by molar-refractivity contribution is 5.91. The van der Waals surface area contributed by atoms with Crippen LogP contribution in [-0.4, -0.2) is 25.5 Å². The Balaban J connectivity index is 1.60. The third kappa shape index (κ3) is 3.45. The molecule has 6 heteroatoms. The van der Waals surface area contributed by atoms with Crippen LogP contribution in [0.3, 0.4) is 0 Å². The summed E-state index contributed by atoms with van der Waals surface area (Å²) < 4.78 is 2.04. The van der Waals surface area contributed by atoms with Crippen molar-refractivity contribution in [1.82, 2.24) is 14.5 Å². The molecule has 0 saturated heterocycles. The summed E-state index contributed by atoms with van der Waals surface area (Å²) in [5.41, 5.74) is 1.98. The average Bonchev–Trinajstić information content (AvgIpc) is 2.91. The van der Waals surface area contributed by atoms with Crippen LogP contribution < -0.4 is 5.32 Å². The van der Waals surface area contributed by atoms with Crippen LogP contribution in [0.2, 0.25) is 0 Å². The van der Waals surface area contributed by atoms with Crippen molar-refractivity contribution in [3.05, 3.63) is 53.7 Å². The topological polar surface area (TPSA) is 80.0 Å². The van der Waals surface area contributed by atoms with Crippen LogP contribution in [0.1, 0.15) is 49.9 Å². The standard InChI is InChI=1S/C21H24N4O2/c1-14-11-12-17-19(22-14)25(16-9-6-10-16)20(23-17)24-18(26)13-21(2,27)15-7-4-3-5-8-15/h3-5,7-8,11-12,16,27H,6,9-10,13H2,1-2H3,(H,23,24,26). The molecule has 2 N–H and O–H groups in total. The van der Waals surface area contributed by atoms with Crippen molar-refractivity contribution in [2.45, 2.75) is 51.2 Å². The molecule has 1 aliphatic rings. The minimum atomic E-state index is -1.24. The molecule has 1 aliphatic carbocycles. The van der Waals surface area contributed by atoms with Crippen molar-refractivity contribution >= 4 is 23.0 Å². The molecule has 0 radical (unpaired) electrons. The summed E-state index contributed by atoms with van der Waals surface area (Å²) in [6.45, 7) is 3.61. The third-order valence-electron chi connectivity index (χ3n) is 5.27. The summed E-state index contributed by atoms with van der Waals surface area (Å²) in [7, 11) is 0. The fourth-order valence-corrected chi connectivity index (χ4v) is 3.53. The van der Waals surface area contributed by atoms with Crippen LogP contribution in [0.15, 0.2) is 42.5 Å². The lowest BCUT2D eigenvalue weighted by molar-refractivity contribution is -0.120. The van der Waals surface area contributed by atoms with Gasteiger partial charge in [0.05, 0.1) is 12.0 Å². The summed E-state index contributed by atoms with van der Waals surface area (Å²) in [5.74, 6) is 0.248. The van der Waals surface area contributed by atoms with Gasteiger partial charge >= 0.3 is 0 Å². The van der Waals surface area contributed by atoms with Gasteiger partial charge < -0.3 is 5.11 Å². The molecule has 1 aromatic carbocycles. The first-order chi connectivity index (χ1) is 12.9. The Labute approximate surface area is 158 Å². The lowest BCUT2D eigenvalue weighted by Crippen LogP contribution is -2.30. The molecule has 1 amide bonds. The van der Waals surface area contributed by atoms with Crippen LogP contribution >= 0.6 is 0 Å². The largest absolute Gasteiger partial charge is 0.385 e. The van der Waals surface area contributed by atoms with E-state index in [2.05, 4.69) is 15.3 Å². The molecule has 1 atom stereocenters. The van der Waals surface area contributed by atoms with Crippen LogP contribution in [0.25, 0.3) is 11.2 Å². The average molecular weight is 364 g/mol. The van der Waals surface area contributed by atoms with E-state index in [-0.39, 0.29) is 12.3 Å². The lowest BCUT2D eigenvalue weighted by atomic mass is 9.92. The molecule has 1 unspecified atom stereocenters. The number of aryl methyl sites for hydroxylation is 1. The van der Waals surface area contributed by atoms with Crippen LogP contribution in [0.5, 0.6) is 0 Å². The number of fused-ring (bicyclic) bond motifs is 1. The predicted octanol–water partition coefficient (Wildman–Crippen LogP) is 3.70. The lowest BCUT2D eigenvalue weighted by Gasteiger charge is -2.29. The molecule has 4 rings (SSSR count). The van der Waals surface area contributed by atoms with Gasteiger partial charge in [0.25, 0.3) is 0 Å². The number of hydrogen-bond acceptors (Lipinski definition) is 4. The van der Waals surface area contributed by atoms with E-state index < -0.39 is 5.60 Å². The van der Waals surface area contributed by atoms with Crippen molar-refractivity contribution < 1.29 is 9.90 Å². The summed E-state index contributed by atoms with van der Waals surface area (Å²) in [4.78, 5) is 21.9. The highest BCUT2D eigenvalue weighted by atomic mass is 16.3. The van der Waals surface area contributed by atoms with E-state index in [0.717, 1.165) is 29.7 Å². The number of rotatable bonds is 5. The fourth-order valence-electron chi connectivity index (χ4n) is 3.53. The molecule has 0 aliphatic heterocycles. The first-order valence-electron chi connectivity index (χ1n) is 9.37. The predicted molar refractivity (Wildman–Crippen MR) is 104 cm³/mol. The second-order valence-corrected chi connectivity index (χ2v) is 7.55. The van der Waals surface area contributed by atoms with E-state index in [4.69, 9.17) is 0 Å². The third-order valence-corrected chi connectivity index (χ3v) is 5.27. The van der Waals surface area contributed by atoms with Gasteiger partial charge in [-0.1, -0.05) is 30.3 Å². The molecular formula is C21H24N4O2. The van der Waals surface area contributed by atoms with E-state index >= 15 is 0 Å². The molecule has 0 bridgehead atoms. The fraction of sp³-hybridized carbons (Fsp3) is 0.381. The maximum atomic E-state index is 12.7. The Kier molecular flexibility index (Phi) is 4.44. The number of amides is 1. The molecule has 3 aromatic rings. The molecular weight excluding hydrogens is 340 g/mol. The monoisotopic (exact) mass is 364 g/mol. The molecule has 1 saturated carbocycles. The molecule has 0 spiro atoms. The number of carbonyl (C=O) groups is 1. The Morgan fingerprint density at radius 2 is 1.96 bits per heavy atom. The van der Waals surface area contributed by atoms with E-state index in [9.17, 15) is 9.90 Å². The van der Waals surface area contributed by atoms with Crippen molar-refractivity contribution in [1.29, 1.82) is 0 Å². The molecule has 1 fully saturated rings. The van der Waals surface area contributed by atoms with Gasteiger partial charge in [-0.2, -0.15) is 0 Å². The second-order valence-electron chi connectivity index (χ2n) is 7.55. The zero-order valence-electron chi connectivity index (χ0n) is 15.6. The maximum Gasteiger partial charge on any atom is 0.229 e. The molecule has 140 valence electrons. The van der Waals surface area contributed by atoms with E-state index in [1.54, 1.807) is 6.92 Å². The maximum absolute atomic E-state index is 12.7. The Hall–Kier alpha value is -2.73. The minimum absolute atomic E-state index is 0.0443. The number of aromatic nitrogens is 3. The van der Waals surface area contributed by atoms with Crippen molar-refractivity contribution in [3.8, 4) is 0 Å². The number of imidazole rings is 1. The number of aliphatic hydroxyl groups is 1. The van der Waals surface area contributed by atoms with E-state index in [0.29, 0.717) is 17.6 Å². The van der Waals surface area contributed by atoms with Gasteiger partial charge in [0.2, 0.25) is 11.9 Å². The summed E-state index contributed by atoms with van der Waals surface area (Å²) >= 11 is 0. The van der Waals surface area contributed by atoms with Crippen molar-refractivity contribution in [2.75, 3.05) is 5.32 Å².